The highest BCUT2D eigenvalue weighted by molar-refractivity contribution is 7.92. The molecule has 0 radical (unpaired) electrons. The number of hydrogen-bond acceptors (Lipinski definition) is 8. The zero-order valence-electron chi connectivity index (χ0n) is 19.3. The van der Waals surface area contributed by atoms with Gasteiger partial charge in [-0.25, -0.2) is 13.2 Å². The summed E-state index contributed by atoms with van der Waals surface area (Å²) in [5.41, 5.74) is 1.87. The van der Waals surface area contributed by atoms with Crippen LogP contribution in [0.2, 0.25) is 5.15 Å². The van der Waals surface area contributed by atoms with Crippen LogP contribution in [0.5, 0.6) is 0 Å². The fourth-order valence-corrected chi connectivity index (χ4v) is 5.58. The lowest BCUT2D eigenvalue weighted by molar-refractivity contribution is 0.0528. The van der Waals surface area contributed by atoms with E-state index < -0.39 is 16.0 Å². The molecule has 0 spiro atoms. The van der Waals surface area contributed by atoms with Gasteiger partial charge in [0.25, 0.3) is 10.0 Å². The van der Waals surface area contributed by atoms with Gasteiger partial charge in [-0.1, -0.05) is 41.9 Å². The lowest BCUT2D eigenvalue weighted by Crippen LogP contribution is -2.20. The molecule has 0 saturated carbocycles. The summed E-state index contributed by atoms with van der Waals surface area (Å²) in [6.45, 7) is 1.98. The summed E-state index contributed by atoms with van der Waals surface area (Å²) in [5.74, 6) is -0.418. The first-order valence-corrected chi connectivity index (χ1v) is 13.9. The molecule has 0 aliphatic heterocycles. The average molecular weight is 574 g/mol. The molecule has 2 aromatic carbocycles. The smallest absolute Gasteiger partial charge is 0.341 e. The Kier molecular flexibility index (Phi) is 8.34. The summed E-state index contributed by atoms with van der Waals surface area (Å²) in [6, 6.07) is 20.2. The zero-order chi connectivity index (χ0) is 26.4. The van der Waals surface area contributed by atoms with Crippen molar-refractivity contribution in [3.8, 4) is 10.4 Å². The first-order valence-electron chi connectivity index (χ1n) is 10.8. The van der Waals surface area contributed by atoms with Crippen molar-refractivity contribution in [3.05, 3.63) is 83.5 Å². The van der Waals surface area contributed by atoms with Crippen molar-refractivity contribution in [2.75, 3.05) is 22.0 Å². The summed E-state index contributed by atoms with van der Waals surface area (Å²) < 4.78 is 32.8. The first kappa shape index (κ1) is 26.5. The van der Waals surface area contributed by atoms with E-state index in [1.54, 1.807) is 25.1 Å². The molecule has 190 valence electrons. The molecule has 0 atom stereocenters. The second kappa shape index (κ2) is 11.6. The number of aromatic nitrogens is 2. The molecule has 3 N–H and O–H groups in total. The number of hydrogen-bond donors (Lipinski definition) is 3. The lowest BCUT2D eigenvalue weighted by atomic mass is 10.1. The van der Waals surface area contributed by atoms with Crippen LogP contribution in [0.25, 0.3) is 10.4 Å². The minimum atomic E-state index is -3.89. The summed E-state index contributed by atoms with van der Waals surface area (Å²) in [4.78, 5) is 13.4. The normalized spacial score (nSPS) is 11.0. The summed E-state index contributed by atoms with van der Waals surface area (Å²) in [7, 11) is -3.89. The van der Waals surface area contributed by atoms with Crippen molar-refractivity contribution in [3.63, 3.8) is 0 Å². The Morgan fingerprint density at radius 3 is 2.41 bits per heavy atom. The molecule has 0 amide bonds. The van der Waals surface area contributed by atoms with E-state index in [-0.39, 0.29) is 27.6 Å². The van der Waals surface area contributed by atoms with Crippen molar-refractivity contribution >= 4 is 72.8 Å². The van der Waals surface area contributed by atoms with Crippen LogP contribution in [0.4, 0.5) is 16.5 Å². The molecule has 13 heteroatoms. The Labute approximate surface area is 227 Å². The topological polar surface area (TPSA) is 122 Å². The molecule has 0 aliphatic rings. The number of rotatable bonds is 8. The van der Waals surface area contributed by atoms with Crippen molar-refractivity contribution < 1.29 is 17.9 Å². The number of nitrogens with zero attached hydrogens (tertiary/aromatic N) is 2. The molecular weight excluding hydrogens is 554 g/mol. The minimum Gasteiger partial charge on any atom is -0.462 e. The Balaban J connectivity index is 1.47. The maximum Gasteiger partial charge on any atom is 0.341 e. The van der Waals surface area contributed by atoms with E-state index in [0.717, 1.165) is 10.4 Å². The fourth-order valence-electron chi connectivity index (χ4n) is 3.14. The summed E-state index contributed by atoms with van der Waals surface area (Å²) in [5, 5.41) is 14.3. The molecule has 0 saturated heterocycles. The van der Waals surface area contributed by atoms with Crippen LogP contribution in [0.1, 0.15) is 17.3 Å². The Hall–Kier alpha value is -3.58. The number of carbonyl (C=O) groups excluding carboxylic acids is 1. The Morgan fingerprint density at radius 1 is 1.03 bits per heavy atom. The second-order valence-corrected chi connectivity index (χ2v) is 10.9. The summed E-state index contributed by atoms with van der Waals surface area (Å²) >= 11 is 12.5. The molecule has 0 aliphatic carbocycles. The number of nitrogens with one attached hydrogen (secondary N) is 3. The summed E-state index contributed by atoms with van der Waals surface area (Å²) in [6.07, 6.45) is 0. The number of anilines is 3. The first-order chi connectivity index (χ1) is 17.7. The number of sulfonamides is 1. The average Bonchev–Trinajstić information content (AvgIpc) is 3.30. The number of halogens is 1. The highest BCUT2D eigenvalue weighted by Gasteiger charge is 2.19. The molecule has 0 bridgehead atoms. The largest absolute Gasteiger partial charge is 0.462 e. The molecule has 37 heavy (non-hydrogen) atoms. The van der Waals surface area contributed by atoms with Crippen LogP contribution in [-0.2, 0) is 14.8 Å². The molecular formula is C24H20ClN5O4S3. The SMILES string of the molecule is CCOC(=O)c1cc(-c2ccccc2)sc1NC(=S)Nc1ccc(S(=O)(=O)Nc2ccc(Cl)nn2)cc1. The molecule has 4 aromatic rings. The van der Waals surface area contributed by atoms with Gasteiger partial charge in [0.2, 0.25) is 0 Å². The number of thiophene rings is 1. The van der Waals surface area contributed by atoms with Crippen LogP contribution >= 0.6 is 35.2 Å². The second-order valence-electron chi connectivity index (χ2n) is 7.39. The molecule has 2 heterocycles. The number of esters is 1. The predicted molar refractivity (Wildman–Crippen MR) is 150 cm³/mol. The van der Waals surface area contributed by atoms with E-state index in [4.69, 9.17) is 28.6 Å². The van der Waals surface area contributed by atoms with Gasteiger partial charge in [-0.05, 0) is 67.2 Å². The third-order valence-electron chi connectivity index (χ3n) is 4.81. The number of benzene rings is 2. The maximum absolute atomic E-state index is 12.6. The Bertz CT molecular complexity index is 1510. The molecule has 0 unspecified atom stereocenters. The number of ether oxygens (including phenoxy) is 1. The van der Waals surface area contributed by atoms with E-state index in [2.05, 4.69) is 25.6 Å². The van der Waals surface area contributed by atoms with Gasteiger partial charge < -0.3 is 15.4 Å². The minimum absolute atomic E-state index is 0.0176. The van der Waals surface area contributed by atoms with Gasteiger partial charge in [0, 0.05) is 10.6 Å². The van der Waals surface area contributed by atoms with Gasteiger partial charge in [-0.3, -0.25) is 4.72 Å². The van der Waals surface area contributed by atoms with Crippen molar-refractivity contribution in [2.24, 2.45) is 0 Å². The monoisotopic (exact) mass is 573 g/mol. The molecule has 4 rings (SSSR count). The third kappa shape index (κ3) is 6.80. The molecule has 9 nitrogen and oxygen atoms in total. The van der Waals surface area contributed by atoms with Crippen LogP contribution in [0.15, 0.2) is 77.7 Å². The van der Waals surface area contributed by atoms with Gasteiger partial charge in [0.15, 0.2) is 16.1 Å². The van der Waals surface area contributed by atoms with Gasteiger partial charge >= 0.3 is 5.97 Å². The van der Waals surface area contributed by atoms with Crippen LogP contribution in [0, 0.1) is 0 Å². The van der Waals surface area contributed by atoms with E-state index in [1.165, 1.54) is 35.6 Å². The van der Waals surface area contributed by atoms with E-state index in [0.29, 0.717) is 16.3 Å². The lowest BCUT2D eigenvalue weighted by Gasteiger charge is -2.12. The van der Waals surface area contributed by atoms with Crippen molar-refractivity contribution in [1.29, 1.82) is 0 Å². The van der Waals surface area contributed by atoms with E-state index in [1.807, 2.05) is 30.3 Å². The zero-order valence-corrected chi connectivity index (χ0v) is 22.5. The highest BCUT2D eigenvalue weighted by atomic mass is 35.5. The molecule has 2 aromatic heterocycles. The third-order valence-corrected chi connectivity index (χ3v) is 7.68. The number of carbonyl (C=O) groups is 1. The van der Waals surface area contributed by atoms with Crippen molar-refractivity contribution in [2.45, 2.75) is 11.8 Å². The van der Waals surface area contributed by atoms with Crippen LogP contribution < -0.4 is 15.4 Å². The molecule has 0 fully saturated rings. The van der Waals surface area contributed by atoms with Gasteiger partial charge in [-0.2, -0.15) is 0 Å². The number of thiocarbonyl (C=S) groups is 1. The highest BCUT2D eigenvalue weighted by Crippen LogP contribution is 2.36. The van der Waals surface area contributed by atoms with Gasteiger partial charge in [0.05, 0.1) is 17.1 Å². The van der Waals surface area contributed by atoms with Crippen LogP contribution in [0.3, 0.4) is 0 Å². The quantitative estimate of drug-likeness (QED) is 0.181. The van der Waals surface area contributed by atoms with E-state index >= 15 is 0 Å². The van der Waals surface area contributed by atoms with Crippen molar-refractivity contribution in [1.82, 2.24) is 10.2 Å². The van der Waals surface area contributed by atoms with Gasteiger partial charge in [-0.15, -0.1) is 21.5 Å². The van der Waals surface area contributed by atoms with Crippen LogP contribution in [-0.4, -0.2) is 36.3 Å². The maximum atomic E-state index is 12.6. The predicted octanol–water partition coefficient (Wildman–Crippen LogP) is 5.64. The van der Waals surface area contributed by atoms with Gasteiger partial charge in [0.1, 0.15) is 5.00 Å². The Morgan fingerprint density at radius 2 is 1.76 bits per heavy atom. The van der Waals surface area contributed by atoms with E-state index in [9.17, 15) is 13.2 Å². The fraction of sp³-hybridized carbons (Fsp3) is 0.0833. The standard InChI is InChI=1S/C24H20ClN5O4S3/c1-2-34-23(31)18-14-19(15-6-4-3-5-7-15)36-22(18)27-24(35)26-16-8-10-17(11-9-16)37(32,33)30-21-13-12-20(25)28-29-21/h3-14H,2H2,1H3,(H,29,30)(H2,26,27,35).